The molecule has 2 atom stereocenters. The molecule has 2 aromatic carbocycles. The Morgan fingerprint density at radius 1 is 1.03 bits per heavy atom. The lowest BCUT2D eigenvalue weighted by atomic mass is 10.0. The number of carbonyl (C=O) groups is 1. The summed E-state index contributed by atoms with van der Waals surface area (Å²) in [7, 11) is 1.37. The van der Waals surface area contributed by atoms with Crippen LogP contribution in [0.3, 0.4) is 0 Å². The molecule has 0 aliphatic carbocycles. The van der Waals surface area contributed by atoms with Crippen LogP contribution in [0.25, 0.3) is 11.3 Å². The van der Waals surface area contributed by atoms with E-state index in [0.717, 1.165) is 22.6 Å². The molecule has 0 bridgehead atoms. The fourth-order valence-corrected chi connectivity index (χ4v) is 4.53. The maximum absolute atomic E-state index is 11.8. The molecule has 5 rings (SSSR count). The molecule has 1 saturated heterocycles. The maximum Gasteiger partial charge on any atom is 0.337 e. The molecule has 0 saturated carbocycles. The van der Waals surface area contributed by atoms with Crippen LogP contribution in [-0.2, 0) is 11.3 Å². The highest BCUT2D eigenvalue weighted by Gasteiger charge is 2.41. The first-order valence-electron chi connectivity index (χ1n) is 10.9. The summed E-state index contributed by atoms with van der Waals surface area (Å²) in [6.07, 6.45) is 1.79. The zero-order chi connectivity index (χ0) is 23.5. The number of hydrogen-bond donors (Lipinski definition) is 1. The average molecular weight is 470 g/mol. The zero-order valence-electron chi connectivity index (χ0n) is 18.5. The number of methoxy groups -OCH3 is 1. The first kappa shape index (κ1) is 21.9. The second-order valence-corrected chi connectivity index (χ2v) is 8.40. The molecule has 4 aromatic rings. The van der Waals surface area contributed by atoms with Gasteiger partial charge in [0.25, 0.3) is 0 Å². The molecule has 0 spiro atoms. The number of ether oxygens (including phenoxy) is 1. The highest BCUT2D eigenvalue weighted by Crippen LogP contribution is 2.41. The van der Waals surface area contributed by atoms with Gasteiger partial charge < -0.3 is 19.4 Å². The van der Waals surface area contributed by atoms with Gasteiger partial charge in [-0.3, -0.25) is 4.98 Å². The van der Waals surface area contributed by atoms with E-state index in [9.17, 15) is 4.79 Å². The topological polar surface area (TPSA) is 67.6 Å². The molecule has 6 nitrogen and oxygen atoms in total. The first-order chi connectivity index (χ1) is 16.6. The fourth-order valence-electron chi connectivity index (χ4n) is 4.22. The molecule has 1 N–H and O–H groups in total. The highest BCUT2D eigenvalue weighted by molar-refractivity contribution is 7.80. The molecule has 170 valence electrons. The summed E-state index contributed by atoms with van der Waals surface area (Å²) in [4.78, 5) is 18.5. The van der Waals surface area contributed by atoms with Gasteiger partial charge in [-0.25, -0.2) is 4.79 Å². The van der Waals surface area contributed by atoms with Crippen molar-refractivity contribution in [2.24, 2.45) is 0 Å². The number of carbonyl (C=O) groups excluding carboxylic acids is 1. The summed E-state index contributed by atoms with van der Waals surface area (Å²) < 4.78 is 11.1. The predicted octanol–water partition coefficient (Wildman–Crippen LogP) is 5.30. The third-order valence-corrected chi connectivity index (χ3v) is 6.25. The van der Waals surface area contributed by atoms with Crippen molar-refractivity contribution in [1.82, 2.24) is 15.2 Å². The first-order valence-corrected chi connectivity index (χ1v) is 11.4. The van der Waals surface area contributed by atoms with Crippen molar-refractivity contribution in [3.8, 4) is 11.3 Å². The van der Waals surface area contributed by atoms with Crippen molar-refractivity contribution < 1.29 is 13.9 Å². The minimum Gasteiger partial charge on any atom is -0.465 e. The lowest BCUT2D eigenvalue weighted by Gasteiger charge is -2.26. The van der Waals surface area contributed by atoms with Crippen molar-refractivity contribution in [3.63, 3.8) is 0 Å². The average Bonchev–Trinajstić information content (AvgIpc) is 3.50. The third-order valence-electron chi connectivity index (χ3n) is 5.90. The number of esters is 1. The Kier molecular flexibility index (Phi) is 6.10. The van der Waals surface area contributed by atoms with Gasteiger partial charge in [0, 0.05) is 18.3 Å². The summed E-state index contributed by atoms with van der Waals surface area (Å²) in [6.45, 7) is 0.643. The number of pyridine rings is 1. The molecule has 3 heterocycles. The largest absolute Gasteiger partial charge is 0.465 e. The van der Waals surface area contributed by atoms with Crippen LogP contribution in [0.15, 0.2) is 95.5 Å². The Balaban J connectivity index is 1.49. The quantitative estimate of drug-likeness (QED) is 0.304. The van der Waals surface area contributed by atoms with E-state index >= 15 is 0 Å². The van der Waals surface area contributed by atoms with Crippen LogP contribution in [0.5, 0.6) is 0 Å². The predicted molar refractivity (Wildman–Crippen MR) is 133 cm³/mol. The summed E-state index contributed by atoms with van der Waals surface area (Å²) in [5.41, 5.74) is 3.42. The SMILES string of the molecule is COC(=O)c1ccc(-c2ccc([C@H]3[C@@H](c4ccccn4)NC(=S)N3Cc3ccccc3)o2)cc1. The van der Waals surface area contributed by atoms with Crippen LogP contribution in [0.2, 0.25) is 0 Å². The molecular formula is C27H23N3O3S. The molecule has 0 unspecified atom stereocenters. The smallest absolute Gasteiger partial charge is 0.337 e. The maximum atomic E-state index is 11.8. The standard InChI is InChI=1S/C27H23N3O3S/c1-32-26(31)20-12-10-19(11-13-20)22-14-15-23(33-22)25-24(21-9-5-6-16-28-21)29-27(34)30(25)17-18-7-3-2-4-8-18/h2-16,24-25H,17H2,1H3,(H,29,34)/t24-,25+/m1/s1. The fraction of sp³-hybridized carbons (Fsp3) is 0.148. The van der Waals surface area contributed by atoms with Crippen molar-refractivity contribution in [2.45, 2.75) is 18.6 Å². The van der Waals surface area contributed by atoms with Gasteiger partial charge in [0.15, 0.2) is 5.11 Å². The molecule has 7 heteroatoms. The Morgan fingerprint density at radius 2 is 1.79 bits per heavy atom. The molecule has 0 amide bonds. The van der Waals surface area contributed by atoms with Crippen molar-refractivity contribution in [2.75, 3.05) is 7.11 Å². The second kappa shape index (κ2) is 9.49. The normalized spacial score (nSPS) is 17.4. The van der Waals surface area contributed by atoms with Crippen molar-refractivity contribution >= 4 is 23.3 Å². The van der Waals surface area contributed by atoms with Gasteiger partial charge in [0.05, 0.1) is 24.4 Å². The van der Waals surface area contributed by atoms with Crippen molar-refractivity contribution in [1.29, 1.82) is 0 Å². The van der Waals surface area contributed by atoms with Gasteiger partial charge in [-0.2, -0.15) is 0 Å². The number of aromatic nitrogens is 1. The third kappa shape index (κ3) is 4.30. The van der Waals surface area contributed by atoms with Gasteiger partial charge >= 0.3 is 5.97 Å². The van der Waals surface area contributed by atoms with E-state index in [1.807, 2.05) is 60.7 Å². The van der Waals surface area contributed by atoms with Gasteiger partial charge in [0.2, 0.25) is 0 Å². The molecule has 34 heavy (non-hydrogen) atoms. The number of hydrogen-bond acceptors (Lipinski definition) is 5. The van der Waals surface area contributed by atoms with Crippen LogP contribution in [0.4, 0.5) is 0 Å². The second-order valence-electron chi connectivity index (χ2n) is 8.01. The summed E-state index contributed by atoms with van der Waals surface area (Å²) in [6, 6.07) is 26.9. The Bertz CT molecular complexity index is 1290. The van der Waals surface area contributed by atoms with E-state index in [1.54, 1.807) is 18.3 Å². The number of benzene rings is 2. The monoisotopic (exact) mass is 469 g/mol. The van der Waals surface area contributed by atoms with Crippen LogP contribution in [-0.4, -0.2) is 28.1 Å². The summed E-state index contributed by atoms with van der Waals surface area (Å²) in [5, 5.41) is 4.11. The van der Waals surface area contributed by atoms with Crippen LogP contribution in [0, 0.1) is 0 Å². The molecule has 0 radical (unpaired) electrons. The van der Waals surface area contributed by atoms with E-state index in [4.69, 9.17) is 21.4 Å². The van der Waals surface area contributed by atoms with Gasteiger partial charge in [0.1, 0.15) is 17.6 Å². The minimum absolute atomic E-state index is 0.155. The lowest BCUT2D eigenvalue weighted by molar-refractivity contribution is 0.0600. The zero-order valence-corrected chi connectivity index (χ0v) is 19.4. The number of thiocarbonyl (C=S) groups is 1. The number of nitrogens with zero attached hydrogens (tertiary/aromatic N) is 2. The van der Waals surface area contributed by atoms with Crippen LogP contribution >= 0.6 is 12.2 Å². The highest BCUT2D eigenvalue weighted by atomic mass is 32.1. The minimum atomic E-state index is -0.369. The van der Waals surface area contributed by atoms with Crippen LogP contribution in [0.1, 0.15) is 39.5 Å². The van der Waals surface area contributed by atoms with Crippen molar-refractivity contribution in [3.05, 3.63) is 114 Å². The molecular weight excluding hydrogens is 446 g/mol. The summed E-state index contributed by atoms with van der Waals surface area (Å²) in [5.74, 6) is 1.13. The van der Waals surface area contributed by atoms with Gasteiger partial charge in [-0.15, -0.1) is 0 Å². The van der Waals surface area contributed by atoms with Gasteiger partial charge in [-0.1, -0.05) is 48.5 Å². The lowest BCUT2D eigenvalue weighted by Crippen LogP contribution is -2.29. The van der Waals surface area contributed by atoms with E-state index in [0.29, 0.717) is 23.0 Å². The van der Waals surface area contributed by atoms with E-state index in [-0.39, 0.29) is 18.1 Å². The number of furan rings is 1. The molecule has 1 aliphatic rings. The Labute approximate surface area is 203 Å². The number of nitrogens with one attached hydrogen (secondary N) is 1. The molecule has 1 fully saturated rings. The molecule has 2 aromatic heterocycles. The van der Waals surface area contributed by atoms with E-state index in [1.165, 1.54) is 7.11 Å². The molecule has 1 aliphatic heterocycles. The van der Waals surface area contributed by atoms with E-state index in [2.05, 4.69) is 27.3 Å². The Morgan fingerprint density at radius 3 is 2.50 bits per heavy atom. The van der Waals surface area contributed by atoms with E-state index < -0.39 is 0 Å². The summed E-state index contributed by atoms with van der Waals surface area (Å²) >= 11 is 5.75. The number of rotatable bonds is 6. The van der Waals surface area contributed by atoms with Gasteiger partial charge in [-0.05, 0) is 54.2 Å². The Hall–Kier alpha value is -3.97. The van der Waals surface area contributed by atoms with Crippen LogP contribution < -0.4 is 5.32 Å².